The van der Waals surface area contributed by atoms with Gasteiger partial charge in [0.05, 0.1) is 16.0 Å². The topological polar surface area (TPSA) is 81.9 Å². The molecular weight excluding hydrogens is 466 g/mol. The third-order valence-electron chi connectivity index (χ3n) is 4.71. The summed E-state index contributed by atoms with van der Waals surface area (Å²) in [6.45, 7) is 12.7. The number of carbonyl (C=O) groups is 1. The lowest BCUT2D eigenvalue weighted by atomic mass is 10.2. The van der Waals surface area contributed by atoms with Gasteiger partial charge in [0, 0.05) is 11.4 Å². The Balaban J connectivity index is 1.76. The molecule has 1 N–H and O–H groups in total. The number of nitrogens with zero attached hydrogens (tertiary/aromatic N) is 4. The number of carbonyl (C=O) groups excluding carboxylic acids is 1. The Morgan fingerprint density at radius 1 is 1.22 bits per heavy atom. The highest BCUT2D eigenvalue weighted by atomic mass is 35.5. The van der Waals surface area contributed by atoms with Gasteiger partial charge < -0.3 is 14.6 Å². The standard InChI is InChI=1S/C22H28ClN5O2S2/c1-12(2)11-28-19(14(4)30-18-10-8-7-9-17(18)23)26-27-22(28)32-16(6)20(29)25-21-24-13(3)15(5)31-21/h7-10,12,14,16H,11H2,1-6H3,(H,24,25,29). The summed E-state index contributed by atoms with van der Waals surface area (Å²) in [6.07, 6.45) is -0.360. The summed E-state index contributed by atoms with van der Waals surface area (Å²) >= 11 is 9.09. The van der Waals surface area contributed by atoms with Gasteiger partial charge in [0.25, 0.3) is 0 Å². The van der Waals surface area contributed by atoms with Crippen molar-refractivity contribution in [1.29, 1.82) is 0 Å². The summed E-state index contributed by atoms with van der Waals surface area (Å²) in [5.41, 5.74) is 0.930. The van der Waals surface area contributed by atoms with Crippen LogP contribution >= 0.6 is 34.7 Å². The average molecular weight is 494 g/mol. The first-order valence-corrected chi connectivity index (χ1v) is 12.5. The van der Waals surface area contributed by atoms with Crippen LogP contribution in [0.5, 0.6) is 5.75 Å². The molecule has 10 heteroatoms. The third kappa shape index (κ3) is 6.02. The van der Waals surface area contributed by atoms with Crippen molar-refractivity contribution in [2.24, 2.45) is 5.92 Å². The number of thiazole rings is 1. The molecule has 1 aromatic carbocycles. The van der Waals surface area contributed by atoms with Gasteiger partial charge in [-0.1, -0.05) is 49.3 Å². The number of halogens is 1. The number of thioether (sulfide) groups is 1. The van der Waals surface area contributed by atoms with Crippen molar-refractivity contribution < 1.29 is 9.53 Å². The largest absolute Gasteiger partial charge is 0.481 e. The predicted octanol–water partition coefficient (Wildman–Crippen LogP) is 5.92. The summed E-state index contributed by atoms with van der Waals surface area (Å²) in [4.78, 5) is 18.2. The molecule has 2 aromatic heterocycles. The molecular formula is C22H28ClN5O2S2. The summed E-state index contributed by atoms with van der Waals surface area (Å²) in [5.74, 6) is 1.53. The van der Waals surface area contributed by atoms with Crippen LogP contribution in [0.25, 0.3) is 0 Å². The second-order valence-corrected chi connectivity index (χ2v) is 10.9. The van der Waals surface area contributed by atoms with Crippen LogP contribution in [0.2, 0.25) is 5.02 Å². The van der Waals surface area contributed by atoms with E-state index in [0.717, 1.165) is 10.6 Å². The average Bonchev–Trinajstić information content (AvgIpc) is 3.25. The number of amides is 1. The molecule has 0 radical (unpaired) electrons. The molecule has 3 rings (SSSR count). The van der Waals surface area contributed by atoms with Gasteiger partial charge in [0.1, 0.15) is 5.75 Å². The van der Waals surface area contributed by atoms with E-state index in [1.807, 2.05) is 50.5 Å². The zero-order valence-corrected chi connectivity index (χ0v) is 21.4. The van der Waals surface area contributed by atoms with E-state index in [9.17, 15) is 4.79 Å². The number of ether oxygens (including phenoxy) is 1. The number of benzene rings is 1. The highest BCUT2D eigenvalue weighted by Crippen LogP contribution is 2.31. The van der Waals surface area contributed by atoms with Gasteiger partial charge in [-0.05, 0) is 45.7 Å². The van der Waals surface area contributed by atoms with Crippen LogP contribution in [-0.4, -0.2) is 30.9 Å². The lowest BCUT2D eigenvalue weighted by Crippen LogP contribution is -2.23. The van der Waals surface area contributed by atoms with E-state index in [1.165, 1.54) is 23.1 Å². The maximum atomic E-state index is 12.7. The molecule has 0 saturated heterocycles. The first-order chi connectivity index (χ1) is 15.2. The van der Waals surface area contributed by atoms with Crippen molar-refractivity contribution in [2.75, 3.05) is 5.32 Å². The van der Waals surface area contributed by atoms with E-state index in [-0.39, 0.29) is 17.3 Å². The molecule has 0 aliphatic carbocycles. The van der Waals surface area contributed by atoms with Gasteiger partial charge in [-0.3, -0.25) is 4.79 Å². The van der Waals surface area contributed by atoms with E-state index in [0.29, 0.717) is 39.3 Å². The van der Waals surface area contributed by atoms with Crippen LogP contribution in [0.15, 0.2) is 29.4 Å². The molecule has 0 aliphatic heterocycles. The lowest BCUT2D eigenvalue weighted by Gasteiger charge is -2.19. The minimum absolute atomic E-state index is 0.121. The van der Waals surface area contributed by atoms with Crippen molar-refractivity contribution >= 4 is 45.7 Å². The van der Waals surface area contributed by atoms with Crippen molar-refractivity contribution in [3.63, 3.8) is 0 Å². The highest BCUT2D eigenvalue weighted by molar-refractivity contribution is 8.00. The normalized spacial score (nSPS) is 13.2. The smallest absolute Gasteiger partial charge is 0.239 e. The number of hydrogen-bond acceptors (Lipinski definition) is 7. The minimum atomic E-state index is -0.373. The molecule has 2 atom stereocenters. The monoisotopic (exact) mass is 493 g/mol. The van der Waals surface area contributed by atoms with Crippen molar-refractivity contribution in [3.8, 4) is 5.75 Å². The molecule has 0 spiro atoms. The quantitative estimate of drug-likeness (QED) is 0.372. The van der Waals surface area contributed by atoms with E-state index in [4.69, 9.17) is 16.3 Å². The molecule has 0 fully saturated rings. The molecule has 0 aliphatic rings. The van der Waals surface area contributed by atoms with Crippen LogP contribution in [0.1, 0.15) is 50.2 Å². The Morgan fingerprint density at radius 3 is 2.56 bits per heavy atom. The number of para-hydroxylation sites is 1. The van der Waals surface area contributed by atoms with Crippen LogP contribution in [0.3, 0.4) is 0 Å². The second-order valence-electron chi connectivity index (χ2n) is 7.95. The predicted molar refractivity (Wildman–Crippen MR) is 131 cm³/mol. The fraction of sp³-hybridized carbons (Fsp3) is 0.455. The van der Waals surface area contributed by atoms with Gasteiger partial charge >= 0.3 is 0 Å². The van der Waals surface area contributed by atoms with Crippen LogP contribution in [0.4, 0.5) is 5.13 Å². The van der Waals surface area contributed by atoms with E-state index in [2.05, 4.69) is 34.3 Å². The first-order valence-electron chi connectivity index (χ1n) is 10.4. The van der Waals surface area contributed by atoms with Crippen molar-refractivity contribution in [3.05, 3.63) is 45.7 Å². The van der Waals surface area contributed by atoms with Crippen molar-refractivity contribution in [2.45, 2.75) is 64.6 Å². The Morgan fingerprint density at radius 2 is 1.94 bits per heavy atom. The zero-order valence-electron chi connectivity index (χ0n) is 19.0. The molecule has 0 saturated carbocycles. The maximum Gasteiger partial charge on any atom is 0.239 e. The van der Waals surface area contributed by atoms with E-state index in [1.54, 1.807) is 6.07 Å². The zero-order chi connectivity index (χ0) is 23.4. The van der Waals surface area contributed by atoms with Gasteiger partial charge in [0.15, 0.2) is 22.2 Å². The molecule has 3 aromatic rings. The third-order valence-corrected chi connectivity index (χ3v) is 7.09. The van der Waals surface area contributed by atoms with Gasteiger partial charge in [-0.2, -0.15) is 0 Å². The molecule has 2 heterocycles. The highest BCUT2D eigenvalue weighted by Gasteiger charge is 2.25. The van der Waals surface area contributed by atoms with E-state index >= 15 is 0 Å². The number of aryl methyl sites for hydroxylation is 2. The number of rotatable bonds is 9. The summed E-state index contributed by atoms with van der Waals surface area (Å²) < 4.78 is 8.09. The number of aromatic nitrogens is 4. The van der Waals surface area contributed by atoms with Gasteiger partial charge in [-0.15, -0.1) is 21.5 Å². The Hall–Kier alpha value is -2.10. The van der Waals surface area contributed by atoms with Crippen LogP contribution < -0.4 is 10.1 Å². The number of nitrogens with one attached hydrogen (secondary N) is 1. The van der Waals surface area contributed by atoms with E-state index < -0.39 is 0 Å². The molecule has 2 unspecified atom stereocenters. The summed E-state index contributed by atoms with van der Waals surface area (Å²) in [6, 6.07) is 7.35. The Kier molecular flexibility index (Phi) is 8.19. The van der Waals surface area contributed by atoms with Gasteiger partial charge in [0.2, 0.25) is 5.91 Å². The summed E-state index contributed by atoms with van der Waals surface area (Å²) in [7, 11) is 0. The van der Waals surface area contributed by atoms with Crippen molar-refractivity contribution in [1.82, 2.24) is 19.7 Å². The van der Waals surface area contributed by atoms with Crippen LogP contribution in [0, 0.1) is 19.8 Å². The van der Waals surface area contributed by atoms with Gasteiger partial charge in [-0.25, -0.2) is 4.98 Å². The Bertz CT molecular complexity index is 1060. The molecule has 32 heavy (non-hydrogen) atoms. The molecule has 7 nitrogen and oxygen atoms in total. The molecule has 172 valence electrons. The second kappa shape index (κ2) is 10.7. The SMILES string of the molecule is Cc1nc(NC(=O)C(C)Sc2nnc(C(C)Oc3ccccc3Cl)n2CC(C)C)sc1C. The fourth-order valence-corrected chi connectivity index (χ4v) is 4.82. The minimum Gasteiger partial charge on any atom is -0.481 e. The lowest BCUT2D eigenvalue weighted by molar-refractivity contribution is -0.115. The Labute approximate surface area is 201 Å². The summed E-state index contributed by atoms with van der Waals surface area (Å²) in [5, 5.41) is 13.1. The van der Waals surface area contributed by atoms with Crippen LogP contribution in [-0.2, 0) is 11.3 Å². The fourth-order valence-electron chi connectivity index (χ4n) is 2.95. The number of hydrogen-bond donors (Lipinski definition) is 1. The molecule has 0 bridgehead atoms. The maximum absolute atomic E-state index is 12.7. The number of anilines is 1. The first kappa shape index (κ1) is 24.5. The molecule has 1 amide bonds.